The van der Waals surface area contributed by atoms with Crippen molar-refractivity contribution in [1.82, 2.24) is 15.1 Å². The van der Waals surface area contributed by atoms with Gasteiger partial charge in [-0.05, 0) is 55.3 Å². The first kappa shape index (κ1) is 45.3. The lowest BCUT2D eigenvalue weighted by molar-refractivity contribution is -0.136. The van der Waals surface area contributed by atoms with Crippen LogP contribution < -0.4 is 25.4 Å². The van der Waals surface area contributed by atoms with Gasteiger partial charge in [-0.1, -0.05) is 18.2 Å². The second-order valence-electron chi connectivity index (χ2n) is 14.4. The lowest BCUT2D eigenvalue weighted by atomic mass is 10.0. The highest BCUT2D eigenvalue weighted by Crippen LogP contribution is 2.39. The predicted octanol–water partition coefficient (Wildman–Crippen LogP) is 2.37. The molecule has 7 amide bonds. The Labute approximate surface area is 357 Å². The number of fused-ring (bicyclic) bond motifs is 2. The smallest absolute Gasteiger partial charge is 0.264 e. The quantitative estimate of drug-likeness (QED) is 0.0970. The van der Waals surface area contributed by atoms with Gasteiger partial charge in [-0.2, -0.15) is 0 Å². The lowest BCUT2D eigenvalue weighted by Crippen LogP contribution is -2.54. The van der Waals surface area contributed by atoms with Gasteiger partial charge in [-0.3, -0.25) is 48.7 Å². The summed E-state index contributed by atoms with van der Waals surface area (Å²) in [5.41, 5.74) is 1.16. The van der Waals surface area contributed by atoms with E-state index in [2.05, 4.69) is 16.0 Å². The Morgan fingerprint density at radius 3 is 2.11 bits per heavy atom. The predicted molar refractivity (Wildman–Crippen MR) is 221 cm³/mol. The van der Waals surface area contributed by atoms with Crippen molar-refractivity contribution in [3.05, 3.63) is 82.4 Å². The number of nitrogens with zero attached hydrogens (tertiary/aromatic N) is 2. The van der Waals surface area contributed by atoms with Crippen LogP contribution in [0.5, 0.6) is 11.5 Å². The first-order valence-electron chi connectivity index (χ1n) is 19.8. The molecule has 6 rings (SSSR count). The Morgan fingerprint density at radius 2 is 1.45 bits per heavy atom. The third kappa shape index (κ3) is 10.3. The molecule has 0 aliphatic carbocycles. The van der Waals surface area contributed by atoms with Crippen LogP contribution in [-0.2, 0) is 38.4 Å². The van der Waals surface area contributed by atoms with E-state index in [1.54, 1.807) is 37.3 Å². The molecule has 62 heavy (non-hydrogen) atoms. The van der Waals surface area contributed by atoms with Crippen molar-refractivity contribution in [3.63, 3.8) is 0 Å². The molecule has 0 bridgehead atoms. The summed E-state index contributed by atoms with van der Waals surface area (Å²) in [7, 11) is -2.26. The number of carbonyl (C=O) groups excluding carboxylic acids is 7. The van der Waals surface area contributed by atoms with Gasteiger partial charge in [0.2, 0.25) is 17.7 Å². The number of anilines is 2. The molecular weight excluding hydrogens is 831 g/mol. The SMILES string of the molecule is CCOc1cc(C(CS(C)(=O)=O)N2C(=O)c3cccc(NC(=O)CCOCCOCCOCCNc4cccc5c4C(=O)N(C4CCC(=O)NC4=O)C5=O)c3C2=O)ccc1OC. The van der Waals surface area contributed by atoms with E-state index in [1.807, 2.05) is 0 Å². The summed E-state index contributed by atoms with van der Waals surface area (Å²) in [5, 5.41) is 7.95. The number of sulfone groups is 1. The standard InChI is InChI=1S/C42H47N5O14S/c1-4-61-33-23-25(11-13-32(33)57-2)31(24-62(3,55)56)47-40(52)27-8-6-10-29(37(27)42(47)54)44-35(49)15-17-58-19-21-60-22-20-59-18-16-43-28-9-5-7-26-36(28)41(53)46(39(26)51)30-12-14-34(48)45-38(30)50/h5-11,13,23,30-31,43H,4,12,14-22,24H2,1-3H3,(H,44,49)(H,45,48,50). The Bertz CT molecular complexity index is 2370. The number of imide groups is 3. The summed E-state index contributed by atoms with van der Waals surface area (Å²) >= 11 is 0. The molecule has 3 N–H and O–H groups in total. The van der Waals surface area contributed by atoms with Crippen molar-refractivity contribution < 1.29 is 65.7 Å². The molecule has 0 aromatic heterocycles. The summed E-state index contributed by atoms with van der Waals surface area (Å²) in [6.45, 7) is 3.53. The second-order valence-corrected chi connectivity index (χ2v) is 16.6. The molecule has 0 spiro atoms. The van der Waals surface area contributed by atoms with Gasteiger partial charge in [0.15, 0.2) is 11.5 Å². The molecule has 330 valence electrons. The third-order valence-electron chi connectivity index (χ3n) is 10.1. The number of carbonyl (C=O) groups is 7. The van der Waals surface area contributed by atoms with Gasteiger partial charge in [0.1, 0.15) is 15.9 Å². The maximum Gasteiger partial charge on any atom is 0.264 e. The van der Waals surface area contributed by atoms with E-state index >= 15 is 0 Å². The van der Waals surface area contributed by atoms with Crippen LogP contribution >= 0.6 is 0 Å². The summed E-state index contributed by atoms with van der Waals surface area (Å²) in [4.78, 5) is 92.5. The monoisotopic (exact) mass is 877 g/mol. The fourth-order valence-corrected chi connectivity index (χ4v) is 8.22. The Kier molecular flexibility index (Phi) is 14.7. The van der Waals surface area contributed by atoms with Crippen LogP contribution in [0.25, 0.3) is 0 Å². The van der Waals surface area contributed by atoms with E-state index in [0.717, 1.165) is 16.1 Å². The summed E-state index contributed by atoms with van der Waals surface area (Å²) in [5.74, 6) is -4.11. The first-order valence-corrected chi connectivity index (χ1v) is 21.9. The van der Waals surface area contributed by atoms with Gasteiger partial charge < -0.3 is 34.3 Å². The number of amides is 7. The van der Waals surface area contributed by atoms with Crippen molar-refractivity contribution in [3.8, 4) is 11.5 Å². The maximum atomic E-state index is 13.9. The third-order valence-corrected chi connectivity index (χ3v) is 11.0. The fourth-order valence-electron chi connectivity index (χ4n) is 7.31. The Morgan fingerprint density at radius 1 is 0.806 bits per heavy atom. The second kappa shape index (κ2) is 20.1. The van der Waals surface area contributed by atoms with Crippen LogP contribution in [0.2, 0.25) is 0 Å². The van der Waals surface area contributed by atoms with Crippen LogP contribution in [0, 0.1) is 0 Å². The minimum atomic E-state index is -3.71. The van der Waals surface area contributed by atoms with Gasteiger partial charge >= 0.3 is 0 Å². The molecule has 3 aromatic carbocycles. The molecule has 1 fully saturated rings. The molecule has 3 heterocycles. The molecule has 1 saturated heterocycles. The summed E-state index contributed by atoms with van der Waals surface area (Å²) in [6.07, 6.45) is 1.03. The number of nitrogens with one attached hydrogen (secondary N) is 3. The minimum absolute atomic E-state index is 0.0205. The highest BCUT2D eigenvalue weighted by atomic mass is 32.2. The Hall–Kier alpha value is -6.22. The number of hydrogen-bond donors (Lipinski definition) is 3. The number of methoxy groups -OCH3 is 1. The highest BCUT2D eigenvalue weighted by Gasteiger charge is 2.46. The zero-order chi connectivity index (χ0) is 44.6. The van der Waals surface area contributed by atoms with Gasteiger partial charge in [-0.15, -0.1) is 0 Å². The van der Waals surface area contributed by atoms with E-state index < -0.39 is 69.0 Å². The van der Waals surface area contributed by atoms with E-state index in [1.165, 1.54) is 31.4 Å². The maximum absolute atomic E-state index is 13.9. The topological polar surface area (TPSA) is 242 Å². The largest absolute Gasteiger partial charge is 0.493 e. The first-order chi connectivity index (χ1) is 29.7. The van der Waals surface area contributed by atoms with Crippen LogP contribution in [0.1, 0.15) is 79.2 Å². The van der Waals surface area contributed by atoms with E-state index in [0.29, 0.717) is 29.3 Å². The van der Waals surface area contributed by atoms with Gasteiger partial charge in [0.05, 0.1) is 99.5 Å². The molecule has 19 nitrogen and oxygen atoms in total. The number of rotatable bonds is 22. The molecule has 20 heteroatoms. The van der Waals surface area contributed by atoms with E-state index in [4.69, 9.17) is 23.7 Å². The molecule has 2 atom stereocenters. The normalized spacial score (nSPS) is 16.6. The van der Waals surface area contributed by atoms with Gasteiger partial charge in [0.25, 0.3) is 23.6 Å². The van der Waals surface area contributed by atoms with Crippen LogP contribution in [0.3, 0.4) is 0 Å². The average molecular weight is 878 g/mol. The van der Waals surface area contributed by atoms with E-state index in [-0.39, 0.29) is 93.5 Å². The van der Waals surface area contributed by atoms with Crippen molar-refractivity contribution >= 4 is 62.6 Å². The zero-order valence-electron chi connectivity index (χ0n) is 34.4. The minimum Gasteiger partial charge on any atom is -0.493 e. The molecule has 3 aromatic rings. The molecule has 3 aliphatic heterocycles. The summed E-state index contributed by atoms with van der Waals surface area (Å²) < 4.78 is 52.8. The van der Waals surface area contributed by atoms with Crippen LogP contribution in [0.4, 0.5) is 11.4 Å². The van der Waals surface area contributed by atoms with Crippen molar-refractivity contribution in [2.75, 3.05) is 82.5 Å². The zero-order valence-corrected chi connectivity index (χ0v) is 35.2. The fraction of sp³-hybridized carbons (Fsp3) is 0.405. The number of ether oxygens (including phenoxy) is 5. The van der Waals surface area contributed by atoms with E-state index in [9.17, 15) is 42.0 Å². The van der Waals surface area contributed by atoms with Gasteiger partial charge in [0, 0.05) is 24.9 Å². The molecule has 0 saturated carbocycles. The lowest BCUT2D eigenvalue weighted by Gasteiger charge is -2.27. The summed E-state index contributed by atoms with van der Waals surface area (Å²) in [6, 6.07) is 11.7. The van der Waals surface area contributed by atoms with Crippen molar-refractivity contribution in [1.29, 1.82) is 0 Å². The molecular formula is C42H47N5O14S. The average Bonchev–Trinajstić information content (AvgIpc) is 3.64. The highest BCUT2D eigenvalue weighted by molar-refractivity contribution is 7.90. The number of hydrogen-bond acceptors (Lipinski definition) is 15. The Balaban J connectivity index is 0.904. The molecule has 3 aliphatic rings. The molecule has 2 unspecified atom stereocenters. The van der Waals surface area contributed by atoms with Crippen LogP contribution in [-0.4, -0.2) is 138 Å². The van der Waals surface area contributed by atoms with Crippen molar-refractivity contribution in [2.45, 2.75) is 38.3 Å². The number of benzene rings is 3. The number of piperidine rings is 1. The molecule has 0 radical (unpaired) electrons. The van der Waals surface area contributed by atoms with Gasteiger partial charge in [-0.25, -0.2) is 8.42 Å². The van der Waals surface area contributed by atoms with Crippen molar-refractivity contribution in [2.24, 2.45) is 0 Å². The van der Waals surface area contributed by atoms with Crippen LogP contribution in [0.15, 0.2) is 54.6 Å².